The predicted molar refractivity (Wildman–Crippen MR) is 111 cm³/mol. The molecule has 2 aromatic rings. The first-order chi connectivity index (χ1) is 12.8. The molecule has 1 N–H and O–H groups in total. The zero-order valence-electron chi connectivity index (χ0n) is 15.0. The third-order valence-corrected chi connectivity index (χ3v) is 9.10. The van der Waals surface area contributed by atoms with Gasteiger partial charge in [0.15, 0.2) is 0 Å². The second-order valence-corrected chi connectivity index (χ2v) is 12.5. The Morgan fingerprint density at radius 1 is 1.30 bits per heavy atom. The van der Waals surface area contributed by atoms with E-state index < -0.39 is 10.0 Å². The topological polar surface area (TPSA) is 92.3 Å². The standard InChI is InChI=1S/C16H21BrN4O3S3/c1-10(2)9-13-19-20-16(26-13)18-15(22)11-5-7-21(8-6-11)27(23,24)14-4-3-12(17)25-14/h3-4,10-11H,5-9H2,1-2H3,(H,18,20,22). The van der Waals surface area contributed by atoms with Crippen molar-refractivity contribution in [3.05, 3.63) is 20.9 Å². The number of nitrogens with zero attached hydrogens (tertiary/aromatic N) is 3. The average Bonchev–Trinajstić information content (AvgIpc) is 3.24. The van der Waals surface area contributed by atoms with Crippen molar-refractivity contribution < 1.29 is 13.2 Å². The Kier molecular flexibility index (Phi) is 6.67. The van der Waals surface area contributed by atoms with Crippen LogP contribution in [-0.4, -0.2) is 41.9 Å². The van der Waals surface area contributed by atoms with E-state index >= 15 is 0 Å². The van der Waals surface area contributed by atoms with E-state index in [0.29, 0.717) is 41.2 Å². The summed E-state index contributed by atoms with van der Waals surface area (Å²) in [4.78, 5) is 12.5. The SMILES string of the molecule is CC(C)Cc1nnc(NC(=O)C2CCN(S(=O)(=O)c3ccc(Br)s3)CC2)s1. The van der Waals surface area contributed by atoms with Gasteiger partial charge in [-0.2, -0.15) is 4.31 Å². The van der Waals surface area contributed by atoms with Crippen molar-refractivity contribution >= 4 is 59.7 Å². The Balaban J connectivity index is 1.55. The molecule has 1 amide bonds. The molecule has 2 aromatic heterocycles. The van der Waals surface area contributed by atoms with E-state index in [4.69, 9.17) is 0 Å². The van der Waals surface area contributed by atoms with Gasteiger partial charge in [-0.05, 0) is 46.8 Å². The molecule has 0 atom stereocenters. The quantitative estimate of drug-likeness (QED) is 0.664. The lowest BCUT2D eigenvalue weighted by Crippen LogP contribution is -2.41. The number of carbonyl (C=O) groups is 1. The van der Waals surface area contributed by atoms with Gasteiger partial charge < -0.3 is 5.32 Å². The highest BCUT2D eigenvalue weighted by Gasteiger charge is 2.33. The van der Waals surface area contributed by atoms with E-state index in [1.807, 2.05) is 0 Å². The Morgan fingerprint density at radius 2 is 2.00 bits per heavy atom. The molecule has 0 aromatic carbocycles. The third kappa shape index (κ3) is 5.14. The van der Waals surface area contributed by atoms with E-state index in [1.54, 1.807) is 12.1 Å². The number of hydrogen-bond acceptors (Lipinski definition) is 7. The Hall–Kier alpha value is -0.880. The monoisotopic (exact) mass is 492 g/mol. The van der Waals surface area contributed by atoms with Crippen molar-refractivity contribution in [3.63, 3.8) is 0 Å². The van der Waals surface area contributed by atoms with Crippen LogP contribution in [0, 0.1) is 11.8 Å². The van der Waals surface area contributed by atoms with Crippen molar-refractivity contribution in [3.8, 4) is 0 Å². The number of rotatable bonds is 6. The lowest BCUT2D eigenvalue weighted by Gasteiger charge is -2.29. The molecule has 0 unspecified atom stereocenters. The van der Waals surface area contributed by atoms with Gasteiger partial charge in [0.05, 0.1) is 3.79 Å². The van der Waals surface area contributed by atoms with Crippen molar-refractivity contribution in [2.45, 2.75) is 37.3 Å². The normalized spacial score (nSPS) is 16.7. The lowest BCUT2D eigenvalue weighted by molar-refractivity contribution is -0.120. The van der Waals surface area contributed by atoms with E-state index in [9.17, 15) is 13.2 Å². The molecule has 0 bridgehead atoms. The summed E-state index contributed by atoms with van der Waals surface area (Å²) < 4.78 is 27.9. The van der Waals surface area contributed by atoms with Crippen LogP contribution >= 0.6 is 38.6 Å². The van der Waals surface area contributed by atoms with Crippen LogP contribution in [0.25, 0.3) is 0 Å². The van der Waals surface area contributed by atoms with E-state index in [2.05, 4.69) is 45.3 Å². The maximum absolute atomic E-state index is 12.7. The molecule has 1 aliphatic rings. The second-order valence-electron chi connectivity index (χ2n) is 6.83. The molecule has 3 rings (SSSR count). The van der Waals surface area contributed by atoms with Crippen molar-refractivity contribution in [1.29, 1.82) is 0 Å². The first-order valence-corrected chi connectivity index (χ1v) is 12.5. The molecule has 0 saturated carbocycles. The van der Waals surface area contributed by atoms with Crippen LogP contribution in [0.2, 0.25) is 0 Å². The molecule has 3 heterocycles. The van der Waals surface area contributed by atoms with Crippen LogP contribution < -0.4 is 5.32 Å². The fourth-order valence-electron chi connectivity index (χ4n) is 2.87. The van der Waals surface area contributed by atoms with Gasteiger partial charge in [0.2, 0.25) is 11.0 Å². The van der Waals surface area contributed by atoms with Gasteiger partial charge in [-0.1, -0.05) is 25.2 Å². The fourth-order valence-corrected chi connectivity index (χ4v) is 7.45. The number of halogens is 1. The van der Waals surface area contributed by atoms with Crippen molar-refractivity contribution in [1.82, 2.24) is 14.5 Å². The summed E-state index contributed by atoms with van der Waals surface area (Å²) in [5.41, 5.74) is 0. The van der Waals surface area contributed by atoms with Crippen LogP contribution in [0.15, 0.2) is 20.1 Å². The smallest absolute Gasteiger partial charge is 0.252 e. The summed E-state index contributed by atoms with van der Waals surface area (Å²) in [7, 11) is -3.49. The zero-order valence-corrected chi connectivity index (χ0v) is 19.0. The number of amides is 1. The number of hydrogen-bond donors (Lipinski definition) is 1. The predicted octanol–water partition coefficient (Wildman–Crippen LogP) is 3.60. The Morgan fingerprint density at radius 3 is 2.59 bits per heavy atom. The van der Waals surface area contributed by atoms with E-state index in [-0.39, 0.29) is 11.8 Å². The van der Waals surface area contributed by atoms with Crippen LogP contribution in [0.1, 0.15) is 31.7 Å². The highest BCUT2D eigenvalue weighted by Crippen LogP contribution is 2.31. The molecule has 148 valence electrons. The van der Waals surface area contributed by atoms with Gasteiger partial charge >= 0.3 is 0 Å². The Bertz CT molecular complexity index is 902. The minimum atomic E-state index is -3.49. The van der Waals surface area contributed by atoms with Crippen LogP contribution in [0.5, 0.6) is 0 Å². The highest BCUT2D eigenvalue weighted by atomic mass is 79.9. The maximum Gasteiger partial charge on any atom is 0.252 e. The molecule has 0 radical (unpaired) electrons. The summed E-state index contributed by atoms with van der Waals surface area (Å²) >= 11 is 5.89. The van der Waals surface area contributed by atoms with Crippen LogP contribution in [-0.2, 0) is 21.2 Å². The van der Waals surface area contributed by atoms with Crippen LogP contribution in [0.4, 0.5) is 5.13 Å². The third-order valence-electron chi connectivity index (χ3n) is 4.25. The number of aromatic nitrogens is 2. The summed E-state index contributed by atoms with van der Waals surface area (Å²) in [6.07, 6.45) is 1.83. The molecule has 0 aliphatic carbocycles. The molecule has 11 heteroatoms. The number of thiophene rings is 1. The summed E-state index contributed by atoms with van der Waals surface area (Å²) in [5, 5.41) is 12.4. The number of piperidine rings is 1. The molecular weight excluding hydrogens is 472 g/mol. The number of anilines is 1. The molecule has 1 fully saturated rings. The van der Waals surface area contributed by atoms with Gasteiger partial charge in [0.25, 0.3) is 10.0 Å². The molecule has 7 nitrogen and oxygen atoms in total. The fraction of sp³-hybridized carbons (Fsp3) is 0.562. The minimum absolute atomic E-state index is 0.113. The van der Waals surface area contributed by atoms with Crippen LogP contribution in [0.3, 0.4) is 0 Å². The largest absolute Gasteiger partial charge is 0.300 e. The highest BCUT2D eigenvalue weighted by molar-refractivity contribution is 9.11. The average molecular weight is 493 g/mol. The first-order valence-electron chi connectivity index (χ1n) is 8.64. The second kappa shape index (κ2) is 8.64. The first kappa shape index (κ1) is 20.8. The van der Waals surface area contributed by atoms with E-state index in [1.165, 1.54) is 27.0 Å². The maximum atomic E-state index is 12.7. The summed E-state index contributed by atoms with van der Waals surface area (Å²) in [6.45, 7) is 4.89. The number of carbonyl (C=O) groups excluding carboxylic acids is 1. The van der Waals surface area contributed by atoms with Crippen molar-refractivity contribution in [2.75, 3.05) is 18.4 Å². The van der Waals surface area contributed by atoms with Crippen molar-refractivity contribution in [2.24, 2.45) is 11.8 Å². The van der Waals surface area contributed by atoms with Gasteiger partial charge in [-0.15, -0.1) is 21.5 Å². The molecular formula is C16H21BrN4O3S3. The van der Waals surface area contributed by atoms with Gasteiger partial charge in [-0.3, -0.25) is 4.79 Å². The molecule has 0 spiro atoms. The lowest BCUT2D eigenvalue weighted by atomic mass is 9.97. The summed E-state index contributed by atoms with van der Waals surface area (Å²) in [6, 6.07) is 3.33. The molecule has 1 saturated heterocycles. The van der Waals surface area contributed by atoms with Gasteiger partial charge in [0.1, 0.15) is 9.22 Å². The summed E-state index contributed by atoms with van der Waals surface area (Å²) in [5.74, 6) is 0.152. The van der Waals surface area contributed by atoms with E-state index in [0.717, 1.165) is 15.2 Å². The van der Waals surface area contributed by atoms with Gasteiger partial charge in [0, 0.05) is 25.4 Å². The number of nitrogens with one attached hydrogen (secondary N) is 1. The van der Waals surface area contributed by atoms with Gasteiger partial charge in [-0.25, -0.2) is 8.42 Å². The Labute approximate surface area is 175 Å². The zero-order chi connectivity index (χ0) is 19.6. The molecule has 27 heavy (non-hydrogen) atoms. The molecule has 1 aliphatic heterocycles. The minimum Gasteiger partial charge on any atom is -0.300 e. The number of sulfonamides is 1.